The Morgan fingerprint density at radius 3 is 2.92 bits per heavy atom. The van der Waals surface area contributed by atoms with Crippen molar-refractivity contribution in [3.63, 3.8) is 0 Å². The van der Waals surface area contributed by atoms with Gasteiger partial charge in [-0.2, -0.15) is 0 Å². The molecule has 2 aromatic heterocycles. The molecule has 0 fully saturated rings. The number of pyridine rings is 1. The van der Waals surface area contributed by atoms with E-state index in [9.17, 15) is 9.90 Å². The molecule has 25 heavy (non-hydrogen) atoms. The van der Waals surface area contributed by atoms with Gasteiger partial charge in [-0.1, -0.05) is 11.6 Å². The van der Waals surface area contributed by atoms with Crippen LogP contribution in [0.15, 0.2) is 51.7 Å². The predicted octanol–water partition coefficient (Wildman–Crippen LogP) is 2.47. The van der Waals surface area contributed by atoms with Crippen molar-refractivity contribution in [1.29, 1.82) is 0 Å². The molecule has 0 radical (unpaired) electrons. The Kier molecular flexibility index (Phi) is 3.58. The molecule has 0 saturated heterocycles. The number of hydrogen-bond donors (Lipinski definition) is 1. The lowest BCUT2D eigenvalue weighted by atomic mass is 10.2. The maximum absolute atomic E-state index is 12.1. The summed E-state index contributed by atoms with van der Waals surface area (Å²) >= 11 is 5.99. The number of aromatic hydroxyl groups is 1. The van der Waals surface area contributed by atoms with Crippen LogP contribution in [0.25, 0.3) is 16.7 Å². The molecule has 1 aromatic carbocycles. The molecule has 3 heterocycles. The molecule has 1 N–H and O–H groups in total. The molecule has 8 heteroatoms. The Hall–Kier alpha value is -3.06. The number of rotatable bonds is 3. The van der Waals surface area contributed by atoms with Crippen molar-refractivity contribution in [1.82, 2.24) is 9.55 Å². The van der Waals surface area contributed by atoms with Crippen LogP contribution in [0, 0.1) is 0 Å². The summed E-state index contributed by atoms with van der Waals surface area (Å²) in [6.45, 7) is 2.42. The normalized spacial score (nSPS) is 13.7. The molecule has 7 nitrogen and oxygen atoms in total. The molecule has 0 spiro atoms. The molecule has 0 aliphatic carbocycles. The van der Waals surface area contributed by atoms with E-state index in [1.807, 2.05) is 6.92 Å². The fourth-order valence-corrected chi connectivity index (χ4v) is 2.99. The van der Waals surface area contributed by atoms with Crippen molar-refractivity contribution in [3.8, 4) is 5.88 Å². The lowest BCUT2D eigenvalue weighted by molar-refractivity contribution is -0.112. The number of amides is 1. The van der Waals surface area contributed by atoms with Gasteiger partial charge in [0.05, 0.1) is 10.7 Å². The average molecular weight is 354 g/mol. The molecule has 0 bridgehead atoms. The SMILES string of the molecule is CCn1c(O)c(N=NC2=c3cc(Cl)ccc3=NC2=O)c2cccnc21. The minimum Gasteiger partial charge on any atom is -0.493 e. The number of benzene rings is 1. The van der Waals surface area contributed by atoms with E-state index in [-0.39, 0.29) is 17.3 Å². The summed E-state index contributed by atoms with van der Waals surface area (Å²) in [5, 5.41) is 20.8. The topological polar surface area (TPSA) is 92.2 Å². The lowest BCUT2D eigenvalue weighted by Crippen LogP contribution is -2.22. The van der Waals surface area contributed by atoms with Crippen molar-refractivity contribution in [2.75, 3.05) is 0 Å². The van der Waals surface area contributed by atoms with Gasteiger partial charge in [-0.05, 0) is 37.3 Å². The third kappa shape index (κ3) is 2.40. The molecular formula is C17H12ClN5O2. The van der Waals surface area contributed by atoms with Crippen molar-refractivity contribution in [2.45, 2.75) is 13.5 Å². The second-order valence-electron chi connectivity index (χ2n) is 5.42. The lowest BCUT2D eigenvalue weighted by Gasteiger charge is -1.99. The number of fused-ring (bicyclic) bond motifs is 2. The van der Waals surface area contributed by atoms with Crippen LogP contribution in [0.4, 0.5) is 5.69 Å². The van der Waals surface area contributed by atoms with Crippen LogP contribution in [-0.4, -0.2) is 20.6 Å². The van der Waals surface area contributed by atoms with Crippen LogP contribution in [-0.2, 0) is 11.3 Å². The molecule has 0 unspecified atom stereocenters. The first kappa shape index (κ1) is 15.5. The van der Waals surface area contributed by atoms with Crippen molar-refractivity contribution >= 4 is 39.9 Å². The Bertz CT molecular complexity index is 1180. The molecule has 1 amide bonds. The highest BCUT2D eigenvalue weighted by Crippen LogP contribution is 2.38. The molecule has 3 aromatic rings. The van der Waals surface area contributed by atoms with Crippen LogP contribution >= 0.6 is 11.6 Å². The highest BCUT2D eigenvalue weighted by molar-refractivity contribution is 6.30. The van der Waals surface area contributed by atoms with Crippen molar-refractivity contribution in [3.05, 3.63) is 52.1 Å². The summed E-state index contributed by atoms with van der Waals surface area (Å²) in [5.41, 5.74) is 0.964. The molecule has 0 atom stereocenters. The number of carbonyl (C=O) groups is 1. The third-order valence-electron chi connectivity index (χ3n) is 3.97. The zero-order chi connectivity index (χ0) is 17.6. The van der Waals surface area contributed by atoms with E-state index in [0.717, 1.165) is 0 Å². The van der Waals surface area contributed by atoms with Gasteiger partial charge in [0.25, 0.3) is 5.91 Å². The van der Waals surface area contributed by atoms with E-state index >= 15 is 0 Å². The molecule has 124 valence electrons. The number of aryl methyl sites for hydroxylation is 1. The van der Waals surface area contributed by atoms with Gasteiger partial charge in [0, 0.05) is 23.0 Å². The van der Waals surface area contributed by atoms with Gasteiger partial charge in [-0.3, -0.25) is 9.36 Å². The van der Waals surface area contributed by atoms with Gasteiger partial charge in [-0.25, -0.2) is 9.98 Å². The largest absolute Gasteiger partial charge is 0.493 e. The average Bonchev–Trinajstić information content (AvgIpc) is 3.06. The maximum atomic E-state index is 12.1. The second-order valence-corrected chi connectivity index (χ2v) is 5.85. The number of azo groups is 1. The summed E-state index contributed by atoms with van der Waals surface area (Å²) < 4.78 is 1.63. The van der Waals surface area contributed by atoms with E-state index in [0.29, 0.717) is 33.2 Å². The number of aromatic nitrogens is 2. The van der Waals surface area contributed by atoms with Gasteiger partial charge < -0.3 is 5.11 Å². The molecule has 4 rings (SSSR count). The number of halogens is 1. The first-order valence-electron chi connectivity index (χ1n) is 7.61. The van der Waals surface area contributed by atoms with E-state index in [1.54, 1.807) is 41.1 Å². The summed E-state index contributed by atoms with van der Waals surface area (Å²) in [4.78, 5) is 20.3. The standard InChI is InChI=1S/C17H12ClN5O2/c1-2-23-15-10(4-3-7-19-15)14(17(23)25)22-21-13-11-8-9(18)5-6-12(11)20-16(13)24/h3-8,25H,2H2,1H3. The minimum absolute atomic E-state index is 0.0470. The molecule has 0 saturated carbocycles. The molecule has 1 aliphatic heterocycles. The Morgan fingerprint density at radius 1 is 1.28 bits per heavy atom. The second kappa shape index (κ2) is 5.78. The van der Waals surface area contributed by atoms with Crippen molar-refractivity contribution in [2.24, 2.45) is 15.2 Å². The summed E-state index contributed by atoms with van der Waals surface area (Å²) in [6.07, 6.45) is 1.64. The Morgan fingerprint density at radius 2 is 2.12 bits per heavy atom. The zero-order valence-electron chi connectivity index (χ0n) is 13.1. The Balaban J connectivity index is 1.91. The van der Waals surface area contributed by atoms with Crippen LogP contribution in [0.2, 0.25) is 5.02 Å². The van der Waals surface area contributed by atoms with Crippen LogP contribution in [0.1, 0.15) is 6.92 Å². The summed E-state index contributed by atoms with van der Waals surface area (Å²) in [6, 6.07) is 8.47. The summed E-state index contributed by atoms with van der Waals surface area (Å²) in [5.74, 6) is -0.535. The summed E-state index contributed by atoms with van der Waals surface area (Å²) in [7, 11) is 0. The maximum Gasteiger partial charge on any atom is 0.298 e. The smallest absolute Gasteiger partial charge is 0.298 e. The predicted molar refractivity (Wildman–Crippen MR) is 92.2 cm³/mol. The van der Waals surface area contributed by atoms with Crippen LogP contribution in [0.5, 0.6) is 5.88 Å². The minimum atomic E-state index is -0.488. The van der Waals surface area contributed by atoms with E-state index < -0.39 is 5.91 Å². The quantitative estimate of drug-likeness (QED) is 0.733. The fraction of sp³-hybridized carbons (Fsp3) is 0.118. The first-order chi connectivity index (χ1) is 12.1. The fourth-order valence-electron chi connectivity index (χ4n) is 2.81. The van der Waals surface area contributed by atoms with Crippen LogP contribution in [0.3, 0.4) is 0 Å². The van der Waals surface area contributed by atoms with E-state index in [4.69, 9.17) is 11.6 Å². The van der Waals surface area contributed by atoms with Gasteiger partial charge in [0.15, 0.2) is 11.4 Å². The van der Waals surface area contributed by atoms with Gasteiger partial charge in [0.2, 0.25) is 5.88 Å². The highest BCUT2D eigenvalue weighted by Gasteiger charge is 2.19. The van der Waals surface area contributed by atoms with Gasteiger partial charge in [-0.15, -0.1) is 10.2 Å². The monoisotopic (exact) mass is 353 g/mol. The number of nitrogens with zero attached hydrogens (tertiary/aromatic N) is 5. The van der Waals surface area contributed by atoms with Gasteiger partial charge >= 0.3 is 0 Å². The van der Waals surface area contributed by atoms with E-state index in [1.165, 1.54) is 0 Å². The highest BCUT2D eigenvalue weighted by atomic mass is 35.5. The first-order valence-corrected chi connectivity index (χ1v) is 7.98. The Labute approximate surface area is 146 Å². The number of hydrogen-bond acceptors (Lipinski definition) is 5. The molecular weight excluding hydrogens is 342 g/mol. The van der Waals surface area contributed by atoms with Crippen molar-refractivity contribution < 1.29 is 9.90 Å². The van der Waals surface area contributed by atoms with E-state index in [2.05, 4.69) is 20.2 Å². The molecule has 1 aliphatic rings. The zero-order valence-corrected chi connectivity index (χ0v) is 13.9. The van der Waals surface area contributed by atoms with Crippen LogP contribution < -0.4 is 10.6 Å². The third-order valence-corrected chi connectivity index (χ3v) is 4.20. The van der Waals surface area contributed by atoms with Gasteiger partial charge in [0.1, 0.15) is 5.65 Å². The number of carbonyl (C=O) groups excluding carboxylic acids is 1.